The molecule has 1 amide bonds. The summed E-state index contributed by atoms with van der Waals surface area (Å²) in [4.78, 5) is 13.6. The topological polar surface area (TPSA) is 48.0 Å². The number of likely N-dealkylation sites (N-methyl/N-ethyl adjacent to an activating group) is 1. The molecule has 0 bridgehead atoms. The molecule has 5 heteroatoms. The molecular weight excluding hydrogens is 258 g/mol. The highest BCUT2D eigenvalue weighted by Gasteiger charge is 2.12. The van der Waals surface area contributed by atoms with Gasteiger partial charge in [-0.1, -0.05) is 0 Å². The van der Waals surface area contributed by atoms with Crippen molar-refractivity contribution in [1.82, 2.24) is 4.90 Å². The van der Waals surface area contributed by atoms with E-state index in [1.54, 1.807) is 30.2 Å². The molecule has 0 fully saturated rings. The van der Waals surface area contributed by atoms with Crippen LogP contribution in [0.4, 0.5) is 0 Å². The summed E-state index contributed by atoms with van der Waals surface area (Å²) in [5.41, 5.74) is 0. The van der Waals surface area contributed by atoms with Crippen LogP contribution >= 0.6 is 0 Å². The molecule has 0 aromatic heterocycles. The van der Waals surface area contributed by atoms with Crippen molar-refractivity contribution in [1.29, 1.82) is 0 Å². The second kappa shape index (κ2) is 8.30. The molecule has 0 aliphatic rings. The summed E-state index contributed by atoms with van der Waals surface area (Å²) >= 11 is 0. The van der Waals surface area contributed by atoms with Gasteiger partial charge in [0.25, 0.3) is 5.91 Å². The van der Waals surface area contributed by atoms with Crippen LogP contribution in [-0.2, 0) is 4.79 Å². The minimum atomic E-state index is -0.0362. The molecule has 0 saturated heterocycles. The first-order valence-electron chi connectivity index (χ1n) is 6.87. The summed E-state index contributed by atoms with van der Waals surface area (Å²) in [7, 11) is 1.56. The van der Waals surface area contributed by atoms with E-state index in [0.29, 0.717) is 36.9 Å². The van der Waals surface area contributed by atoms with Crippen LogP contribution in [0.5, 0.6) is 17.2 Å². The van der Waals surface area contributed by atoms with Crippen molar-refractivity contribution in [2.45, 2.75) is 20.8 Å². The zero-order chi connectivity index (χ0) is 15.0. The van der Waals surface area contributed by atoms with Crippen molar-refractivity contribution in [2.24, 2.45) is 0 Å². The van der Waals surface area contributed by atoms with E-state index in [9.17, 15) is 4.79 Å². The van der Waals surface area contributed by atoms with E-state index in [2.05, 4.69) is 0 Å². The average molecular weight is 281 g/mol. The molecule has 0 atom stereocenters. The van der Waals surface area contributed by atoms with Gasteiger partial charge >= 0.3 is 0 Å². The van der Waals surface area contributed by atoms with Crippen LogP contribution in [0, 0.1) is 0 Å². The lowest BCUT2D eigenvalue weighted by Crippen LogP contribution is -2.34. The van der Waals surface area contributed by atoms with E-state index in [1.807, 2.05) is 20.8 Å². The van der Waals surface area contributed by atoms with Crippen molar-refractivity contribution in [3.05, 3.63) is 18.2 Å². The van der Waals surface area contributed by atoms with Crippen LogP contribution in [0.2, 0.25) is 0 Å². The number of amides is 1. The van der Waals surface area contributed by atoms with Gasteiger partial charge in [-0.25, -0.2) is 0 Å². The van der Waals surface area contributed by atoms with Gasteiger partial charge in [-0.05, 0) is 32.9 Å². The van der Waals surface area contributed by atoms with Gasteiger partial charge in [-0.3, -0.25) is 4.79 Å². The molecule has 0 heterocycles. The summed E-state index contributed by atoms with van der Waals surface area (Å²) in [6.07, 6.45) is 0. The molecule has 0 aliphatic heterocycles. The van der Waals surface area contributed by atoms with Gasteiger partial charge in [0.2, 0.25) is 0 Å². The molecular formula is C15H23NO4. The quantitative estimate of drug-likeness (QED) is 0.734. The predicted octanol–water partition coefficient (Wildman–Crippen LogP) is 2.34. The number of hydrogen-bond donors (Lipinski definition) is 0. The summed E-state index contributed by atoms with van der Waals surface area (Å²) in [6.45, 7) is 7.76. The standard InChI is InChI=1S/C15H23NO4/c1-5-16(6-2)15(17)11-20-13-9-8-12(19-7-3)10-14(13)18-4/h8-10H,5-7,11H2,1-4H3. The zero-order valence-electron chi connectivity index (χ0n) is 12.6. The first-order chi connectivity index (χ1) is 9.65. The van der Waals surface area contributed by atoms with E-state index in [-0.39, 0.29) is 12.5 Å². The maximum atomic E-state index is 11.9. The van der Waals surface area contributed by atoms with Crippen molar-refractivity contribution in [2.75, 3.05) is 33.4 Å². The van der Waals surface area contributed by atoms with Gasteiger partial charge in [-0.15, -0.1) is 0 Å². The van der Waals surface area contributed by atoms with Gasteiger partial charge < -0.3 is 19.1 Å². The molecule has 5 nitrogen and oxygen atoms in total. The van der Waals surface area contributed by atoms with Crippen molar-refractivity contribution < 1.29 is 19.0 Å². The molecule has 1 aromatic rings. The molecule has 112 valence electrons. The lowest BCUT2D eigenvalue weighted by atomic mass is 10.3. The first kappa shape index (κ1) is 16.1. The van der Waals surface area contributed by atoms with E-state index in [1.165, 1.54) is 0 Å². The van der Waals surface area contributed by atoms with Crippen LogP contribution in [0.25, 0.3) is 0 Å². The summed E-state index contributed by atoms with van der Waals surface area (Å²) in [5.74, 6) is 1.78. The zero-order valence-corrected chi connectivity index (χ0v) is 12.6. The lowest BCUT2D eigenvalue weighted by molar-refractivity contribution is -0.132. The molecule has 0 saturated carbocycles. The number of hydrogen-bond acceptors (Lipinski definition) is 4. The monoisotopic (exact) mass is 281 g/mol. The fourth-order valence-electron chi connectivity index (χ4n) is 1.83. The van der Waals surface area contributed by atoms with Crippen molar-refractivity contribution in [3.8, 4) is 17.2 Å². The van der Waals surface area contributed by atoms with Crippen LogP contribution in [0.15, 0.2) is 18.2 Å². The third-order valence-electron chi connectivity index (χ3n) is 2.91. The Morgan fingerprint density at radius 1 is 1.10 bits per heavy atom. The smallest absolute Gasteiger partial charge is 0.260 e. The van der Waals surface area contributed by atoms with E-state index >= 15 is 0 Å². The molecule has 0 aliphatic carbocycles. The van der Waals surface area contributed by atoms with E-state index in [4.69, 9.17) is 14.2 Å². The minimum Gasteiger partial charge on any atom is -0.494 e. The summed E-state index contributed by atoms with van der Waals surface area (Å²) in [6, 6.07) is 5.29. The Hall–Kier alpha value is -1.91. The Balaban J connectivity index is 2.70. The van der Waals surface area contributed by atoms with Crippen LogP contribution < -0.4 is 14.2 Å². The fourth-order valence-corrected chi connectivity index (χ4v) is 1.83. The molecule has 0 spiro atoms. The largest absolute Gasteiger partial charge is 0.494 e. The maximum absolute atomic E-state index is 11.9. The average Bonchev–Trinajstić information content (AvgIpc) is 2.47. The number of methoxy groups -OCH3 is 1. The molecule has 1 rings (SSSR count). The second-order valence-corrected chi connectivity index (χ2v) is 4.10. The van der Waals surface area contributed by atoms with E-state index in [0.717, 1.165) is 0 Å². The normalized spacial score (nSPS) is 10.0. The molecule has 0 radical (unpaired) electrons. The third-order valence-corrected chi connectivity index (χ3v) is 2.91. The number of carbonyl (C=O) groups is 1. The number of benzene rings is 1. The van der Waals surface area contributed by atoms with Crippen molar-refractivity contribution in [3.63, 3.8) is 0 Å². The molecule has 1 aromatic carbocycles. The Morgan fingerprint density at radius 2 is 1.80 bits per heavy atom. The van der Waals surface area contributed by atoms with E-state index < -0.39 is 0 Å². The Morgan fingerprint density at radius 3 is 2.35 bits per heavy atom. The minimum absolute atomic E-state index is 0.00597. The Bertz CT molecular complexity index is 430. The molecule has 20 heavy (non-hydrogen) atoms. The number of carbonyl (C=O) groups excluding carboxylic acids is 1. The summed E-state index contributed by atoms with van der Waals surface area (Å²) in [5, 5.41) is 0. The van der Waals surface area contributed by atoms with Gasteiger partial charge in [0.15, 0.2) is 18.1 Å². The Labute approximate surface area is 120 Å². The van der Waals surface area contributed by atoms with Gasteiger partial charge in [0.1, 0.15) is 5.75 Å². The Kier molecular flexibility index (Phi) is 6.70. The maximum Gasteiger partial charge on any atom is 0.260 e. The van der Waals surface area contributed by atoms with Crippen LogP contribution in [0.1, 0.15) is 20.8 Å². The molecule has 0 N–H and O–H groups in total. The highest BCUT2D eigenvalue weighted by Crippen LogP contribution is 2.31. The van der Waals surface area contributed by atoms with Crippen molar-refractivity contribution >= 4 is 5.91 Å². The number of ether oxygens (including phenoxy) is 3. The van der Waals surface area contributed by atoms with Gasteiger partial charge in [-0.2, -0.15) is 0 Å². The highest BCUT2D eigenvalue weighted by molar-refractivity contribution is 5.77. The van der Waals surface area contributed by atoms with Gasteiger partial charge in [0.05, 0.1) is 13.7 Å². The highest BCUT2D eigenvalue weighted by atomic mass is 16.5. The van der Waals surface area contributed by atoms with Crippen LogP contribution in [-0.4, -0.2) is 44.2 Å². The second-order valence-electron chi connectivity index (χ2n) is 4.10. The summed E-state index contributed by atoms with van der Waals surface area (Å²) < 4.78 is 16.2. The number of rotatable bonds is 8. The van der Waals surface area contributed by atoms with Gasteiger partial charge in [0, 0.05) is 19.2 Å². The lowest BCUT2D eigenvalue weighted by Gasteiger charge is -2.19. The SMILES string of the molecule is CCOc1ccc(OCC(=O)N(CC)CC)c(OC)c1. The third kappa shape index (κ3) is 4.33. The fraction of sp³-hybridized carbons (Fsp3) is 0.533. The van der Waals surface area contributed by atoms with Crippen LogP contribution in [0.3, 0.4) is 0 Å². The first-order valence-corrected chi connectivity index (χ1v) is 6.87. The predicted molar refractivity (Wildman–Crippen MR) is 77.6 cm³/mol. The number of nitrogens with zero attached hydrogens (tertiary/aromatic N) is 1. The molecule has 0 unspecified atom stereocenters.